The van der Waals surface area contributed by atoms with Crippen molar-refractivity contribution in [1.82, 2.24) is 4.72 Å². The lowest BCUT2D eigenvalue weighted by Gasteiger charge is -2.15. The van der Waals surface area contributed by atoms with Crippen molar-refractivity contribution < 1.29 is 18.4 Å². The molecule has 1 fully saturated rings. The number of benzene rings is 1. The summed E-state index contributed by atoms with van der Waals surface area (Å²) in [4.78, 5) is 9.78. The molecular formula is C12H15ClN2O5S. The lowest BCUT2D eigenvalue weighted by Crippen LogP contribution is -2.31. The van der Waals surface area contributed by atoms with Gasteiger partial charge in [0, 0.05) is 25.3 Å². The fraction of sp³-hybridized carbons (Fsp3) is 0.500. The Morgan fingerprint density at radius 1 is 1.43 bits per heavy atom. The summed E-state index contributed by atoms with van der Waals surface area (Å²) in [5.74, 6) is 0. The Morgan fingerprint density at radius 2 is 2.10 bits per heavy atom. The average Bonchev–Trinajstić information content (AvgIpc) is 3.17. The summed E-state index contributed by atoms with van der Waals surface area (Å²) in [5.41, 5.74) is -0.437. The lowest BCUT2D eigenvalue weighted by molar-refractivity contribution is -0.384. The molecule has 1 aromatic rings. The molecule has 9 heteroatoms. The first kappa shape index (κ1) is 16.2. The number of halogens is 1. The highest BCUT2D eigenvalue weighted by atomic mass is 35.5. The van der Waals surface area contributed by atoms with E-state index in [2.05, 4.69) is 4.72 Å². The van der Waals surface area contributed by atoms with Crippen LogP contribution >= 0.6 is 11.6 Å². The standard InChI is InChI=1S/C12H15ClN2O5S/c13-10-7-9(15(17)18)1-2-11(10)21(19,20)14-8-12(3-4-12)5-6-16/h1-2,7,14,16H,3-6,8H2. The highest BCUT2D eigenvalue weighted by Gasteiger charge is 2.42. The van der Waals surface area contributed by atoms with Crippen LogP contribution in [0.5, 0.6) is 0 Å². The van der Waals surface area contributed by atoms with Crippen molar-refractivity contribution in [2.45, 2.75) is 24.2 Å². The quantitative estimate of drug-likeness (QED) is 0.582. The van der Waals surface area contributed by atoms with Crippen LogP contribution in [0.2, 0.25) is 5.02 Å². The maximum absolute atomic E-state index is 12.2. The van der Waals surface area contributed by atoms with Gasteiger partial charge in [-0.3, -0.25) is 10.1 Å². The van der Waals surface area contributed by atoms with Gasteiger partial charge in [-0.25, -0.2) is 13.1 Å². The zero-order valence-electron chi connectivity index (χ0n) is 11.1. The second-order valence-corrected chi connectivity index (χ2v) is 7.31. The predicted octanol–water partition coefficient (Wildman–Crippen LogP) is 1.69. The summed E-state index contributed by atoms with van der Waals surface area (Å²) >= 11 is 5.82. The van der Waals surface area contributed by atoms with Crippen molar-refractivity contribution >= 4 is 27.3 Å². The van der Waals surface area contributed by atoms with E-state index >= 15 is 0 Å². The number of nitro groups is 1. The fourth-order valence-corrected chi connectivity index (χ4v) is 3.77. The number of hydrogen-bond acceptors (Lipinski definition) is 5. The minimum atomic E-state index is -3.83. The van der Waals surface area contributed by atoms with E-state index < -0.39 is 14.9 Å². The van der Waals surface area contributed by atoms with E-state index in [9.17, 15) is 18.5 Å². The molecule has 1 saturated carbocycles. The molecule has 0 unspecified atom stereocenters. The van der Waals surface area contributed by atoms with Gasteiger partial charge in [0.25, 0.3) is 5.69 Å². The van der Waals surface area contributed by atoms with Crippen molar-refractivity contribution in [2.75, 3.05) is 13.2 Å². The first-order chi connectivity index (χ1) is 9.80. The van der Waals surface area contributed by atoms with Gasteiger partial charge in [0.15, 0.2) is 0 Å². The molecule has 116 valence electrons. The van der Waals surface area contributed by atoms with E-state index in [0.29, 0.717) is 6.42 Å². The number of sulfonamides is 1. The maximum atomic E-state index is 12.2. The van der Waals surface area contributed by atoms with E-state index in [1.165, 1.54) is 0 Å². The van der Waals surface area contributed by atoms with Gasteiger partial charge in [-0.2, -0.15) is 0 Å². The Hall–Kier alpha value is -1.22. The van der Waals surface area contributed by atoms with E-state index in [1.54, 1.807) is 0 Å². The summed E-state index contributed by atoms with van der Waals surface area (Å²) in [7, 11) is -3.83. The normalized spacial score (nSPS) is 16.7. The summed E-state index contributed by atoms with van der Waals surface area (Å²) < 4.78 is 26.8. The number of rotatable bonds is 7. The smallest absolute Gasteiger partial charge is 0.271 e. The van der Waals surface area contributed by atoms with E-state index in [0.717, 1.165) is 31.0 Å². The maximum Gasteiger partial charge on any atom is 0.271 e. The van der Waals surface area contributed by atoms with Gasteiger partial charge < -0.3 is 5.11 Å². The van der Waals surface area contributed by atoms with Crippen LogP contribution in [0.1, 0.15) is 19.3 Å². The zero-order valence-corrected chi connectivity index (χ0v) is 12.7. The molecule has 0 saturated heterocycles. The molecule has 21 heavy (non-hydrogen) atoms. The third-order valence-corrected chi connectivity index (χ3v) is 5.54. The molecule has 0 bridgehead atoms. The molecule has 2 rings (SSSR count). The Kier molecular flexibility index (Phi) is 4.52. The van der Waals surface area contributed by atoms with Crippen LogP contribution in [0.15, 0.2) is 23.1 Å². The van der Waals surface area contributed by atoms with Gasteiger partial charge in [-0.05, 0) is 30.7 Å². The minimum Gasteiger partial charge on any atom is -0.396 e. The predicted molar refractivity (Wildman–Crippen MR) is 76.7 cm³/mol. The van der Waals surface area contributed by atoms with Gasteiger partial charge >= 0.3 is 0 Å². The van der Waals surface area contributed by atoms with Gasteiger partial charge in [0.2, 0.25) is 10.0 Å². The second kappa shape index (κ2) is 5.88. The largest absolute Gasteiger partial charge is 0.396 e. The van der Waals surface area contributed by atoms with Crippen molar-refractivity contribution in [3.05, 3.63) is 33.3 Å². The Labute approximate surface area is 127 Å². The molecule has 0 radical (unpaired) electrons. The van der Waals surface area contributed by atoms with Crippen molar-refractivity contribution in [2.24, 2.45) is 5.41 Å². The Morgan fingerprint density at radius 3 is 2.57 bits per heavy atom. The highest BCUT2D eigenvalue weighted by Crippen LogP contribution is 2.48. The number of hydrogen-bond donors (Lipinski definition) is 2. The topological polar surface area (TPSA) is 110 Å². The van der Waals surface area contributed by atoms with Crippen LogP contribution in [0.25, 0.3) is 0 Å². The molecule has 1 aliphatic carbocycles. The van der Waals surface area contributed by atoms with Crippen molar-refractivity contribution in [1.29, 1.82) is 0 Å². The molecule has 7 nitrogen and oxygen atoms in total. The van der Waals surface area contributed by atoms with E-state index in [1.807, 2.05) is 0 Å². The zero-order chi connectivity index (χ0) is 15.7. The summed E-state index contributed by atoms with van der Waals surface area (Å²) in [6.07, 6.45) is 2.28. The van der Waals surface area contributed by atoms with E-state index in [4.69, 9.17) is 16.7 Å². The van der Waals surface area contributed by atoms with Gasteiger partial charge in [-0.1, -0.05) is 11.6 Å². The minimum absolute atomic E-state index is 0.0139. The van der Waals surface area contributed by atoms with Crippen molar-refractivity contribution in [3.8, 4) is 0 Å². The van der Waals surface area contributed by atoms with Gasteiger partial charge in [-0.15, -0.1) is 0 Å². The number of aliphatic hydroxyl groups is 1. The highest BCUT2D eigenvalue weighted by molar-refractivity contribution is 7.89. The molecular weight excluding hydrogens is 320 g/mol. The van der Waals surface area contributed by atoms with Gasteiger partial charge in [0.05, 0.1) is 9.95 Å². The molecule has 2 N–H and O–H groups in total. The third kappa shape index (κ3) is 3.70. The molecule has 0 aliphatic heterocycles. The summed E-state index contributed by atoms with van der Waals surface area (Å²) in [6.45, 7) is 0.239. The Bertz CT molecular complexity index is 658. The van der Waals surface area contributed by atoms with E-state index in [-0.39, 0.29) is 34.2 Å². The number of nitrogens with zero attached hydrogens (tertiary/aromatic N) is 1. The van der Waals surface area contributed by atoms with Crippen LogP contribution in [0, 0.1) is 15.5 Å². The van der Waals surface area contributed by atoms with Crippen molar-refractivity contribution in [3.63, 3.8) is 0 Å². The third-order valence-electron chi connectivity index (χ3n) is 3.65. The lowest BCUT2D eigenvalue weighted by atomic mass is 10.0. The number of nitrogens with one attached hydrogen (secondary N) is 1. The molecule has 1 aliphatic rings. The number of non-ortho nitro benzene ring substituents is 1. The SMILES string of the molecule is O=[N+]([O-])c1ccc(S(=O)(=O)NCC2(CCO)CC2)c(Cl)c1. The van der Waals surface area contributed by atoms with Gasteiger partial charge in [0.1, 0.15) is 4.90 Å². The summed E-state index contributed by atoms with van der Waals surface area (Å²) in [6, 6.07) is 3.23. The Balaban J connectivity index is 2.14. The average molecular weight is 335 g/mol. The fourth-order valence-electron chi connectivity index (χ4n) is 2.08. The van der Waals surface area contributed by atoms with Crippen LogP contribution in [0.3, 0.4) is 0 Å². The molecule has 0 atom stereocenters. The summed E-state index contributed by atoms with van der Waals surface area (Å²) in [5, 5.41) is 19.4. The molecule has 1 aromatic carbocycles. The van der Waals surface area contributed by atoms with Crippen LogP contribution in [0.4, 0.5) is 5.69 Å². The van der Waals surface area contributed by atoms with Crippen LogP contribution in [-0.2, 0) is 10.0 Å². The van der Waals surface area contributed by atoms with Crippen LogP contribution in [-0.4, -0.2) is 31.6 Å². The first-order valence-corrected chi connectivity index (χ1v) is 8.20. The monoisotopic (exact) mass is 334 g/mol. The number of aliphatic hydroxyl groups excluding tert-OH is 1. The van der Waals surface area contributed by atoms with Crippen LogP contribution < -0.4 is 4.72 Å². The second-order valence-electron chi connectivity index (χ2n) is 5.17. The molecule has 0 amide bonds. The molecule has 0 heterocycles. The molecule has 0 spiro atoms. The molecule has 0 aromatic heterocycles. The first-order valence-electron chi connectivity index (χ1n) is 6.34. The number of nitro benzene ring substituents is 1.